The van der Waals surface area contributed by atoms with Gasteiger partial charge in [0.15, 0.2) is 6.23 Å². The molecular weight excluding hydrogens is 536 g/mol. The summed E-state index contributed by atoms with van der Waals surface area (Å²) in [4.78, 5) is 11.9. The molecule has 2 aromatic carbocycles. The maximum Gasteiger partial charge on any atom is 0.355 e. The number of esters is 1. The molecule has 0 amide bonds. The Bertz CT molecular complexity index is 1390. The fraction of sp³-hybridized carbons (Fsp3) is 0.414. The SMILES string of the molecule is CN/C(=C\N(N)C[C@H]1O[C@@H](n2cc(Cc3ccc(C4CC4)cc3)c3c(Cl)cccc32)[C@H](O)[C@@H](O)[C@@H]1O)C(=O)OC. The summed E-state index contributed by atoms with van der Waals surface area (Å²) in [6, 6.07) is 14.1. The highest BCUT2D eigenvalue weighted by atomic mass is 35.5. The van der Waals surface area contributed by atoms with E-state index in [-0.39, 0.29) is 12.2 Å². The molecule has 1 aromatic heterocycles. The van der Waals surface area contributed by atoms with Crippen molar-refractivity contribution in [2.24, 2.45) is 5.84 Å². The number of aliphatic hydroxyl groups excluding tert-OH is 3. The number of hydrogen-bond acceptors (Lipinski definition) is 9. The molecule has 0 radical (unpaired) electrons. The van der Waals surface area contributed by atoms with Gasteiger partial charge in [-0.1, -0.05) is 41.9 Å². The number of fused-ring (bicyclic) bond motifs is 1. The number of carbonyl (C=O) groups is 1. The van der Waals surface area contributed by atoms with E-state index < -0.39 is 36.6 Å². The van der Waals surface area contributed by atoms with E-state index in [2.05, 4.69) is 29.6 Å². The second-order valence-electron chi connectivity index (χ2n) is 10.4. The second-order valence-corrected chi connectivity index (χ2v) is 10.8. The summed E-state index contributed by atoms with van der Waals surface area (Å²) in [5.74, 6) is 6.14. The van der Waals surface area contributed by atoms with Crippen LogP contribution in [0.3, 0.4) is 0 Å². The largest absolute Gasteiger partial charge is 0.464 e. The van der Waals surface area contributed by atoms with Gasteiger partial charge in [0.2, 0.25) is 0 Å². The van der Waals surface area contributed by atoms with E-state index in [1.54, 1.807) is 11.6 Å². The number of aliphatic hydroxyl groups is 3. The normalized spacial score (nSPS) is 25.2. The van der Waals surface area contributed by atoms with E-state index in [4.69, 9.17) is 26.9 Å². The molecule has 2 aliphatic rings. The van der Waals surface area contributed by atoms with Crippen LogP contribution in [0.15, 0.2) is 60.6 Å². The predicted molar refractivity (Wildman–Crippen MR) is 150 cm³/mol. The summed E-state index contributed by atoms with van der Waals surface area (Å²) in [6.07, 6.45) is -0.150. The van der Waals surface area contributed by atoms with E-state index in [1.807, 2.05) is 24.4 Å². The van der Waals surface area contributed by atoms with Crippen LogP contribution in [0.5, 0.6) is 0 Å². The van der Waals surface area contributed by atoms with E-state index in [9.17, 15) is 20.1 Å². The highest BCUT2D eigenvalue weighted by molar-refractivity contribution is 6.35. The summed E-state index contributed by atoms with van der Waals surface area (Å²) in [7, 11) is 2.79. The number of rotatable bonds is 9. The Kier molecular flexibility index (Phi) is 8.37. The molecule has 214 valence electrons. The lowest BCUT2D eigenvalue weighted by atomic mass is 9.97. The van der Waals surface area contributed by atoms with Crippen molar-refractivity contribution >= 4 is 28.5 Å². The van der Waals surface area contributed by atoms with Gasteiger partial charge in [-0.3, -0.25) is 0 Å². The van der Waals surface area contributed by atoms with Crippen molar-refractivity contribution in [2.75, 3.05) is 20.7 Å². The smallest absolute Gasteiger partial charge is 0.355 e. The first kappa shape index (κ1) is 28.4. The third-order valence-corrected chi connectivity index (χ3v) is 7.95. The number of halogens is 1. The van der Waals surface area contributed by atoms with Gasteiger partial charge < -0.3 is 39.7 Å². The second kappa shape index (κ2) is 11.8. The van der Waals surface area contributed by atoms with Crippen LogP contribution in [-0.2, 0) is 20.7 Å². The van der Waals surface area contributed by atoms with Gasteiger partial charge in [-0.25, -0.2) is 10.6 Å². The number of methoxy groups -OCH3 is 1. The minimum Gasteiger partial charge on any atom is -0.464 e. The zero-order chi connectivity index (χ0) is 28.6. The van der Waals surface area contributed by atoms with Crippen LogP contribution in [0.25, 0.3) is 10.9 Å². The standard InChI is InChI=1S/C29H35ClN4O6/c1-32-21(29(38)39-2)14-33(31)15-23-25(35)26(36)27(37)28(40-23)34-13-19(24-20(30)4-3-5-22(24)34)12-16-6-8-17(9-7-16)18-10-11-18/h3-9,13-14,18,23,25-28,32,35-37H,10-12,15,31H2,1-2H3/b21-14-/t23-,25-,26+,27-,28-/m1/s1. The van der Waals surface area contributed by atoms with E-state index in [0.29, 0.717) is 17.4 Å². The minimum atomic E-state index is -1.51. The Balaban J connectivity index is 1.44. The van der Waals surface area contributed by atoms with Crippen LogP contribution < -0.4 is 11.2 Å². The fourth-order valence-electron chi connectivity index (χ4n) is 5.30. The van der Waals surface area contributed by atoms with Gasteiger partial charge in [0.05, 0.1) is 24.2 Å². The number of nitrogens with one attached hydrogen (secondary N) is 1. The number of hydrogen-bond donors (Lipinski definition) is 5. The number of carbonyl (C=O) groups excluding carboxylic acids is 1. The highest BCUT2D eigenvalue weighted by Crippen LogP contribution is 2.40. The number of benzene rings is 2. The molecule has 2 heterocycles. The average Bonchev–Trinajstić information content (AvgIpc) is 3.74. The predicted octanol–water partition coefficient (Wildman–Crippen LogP) is 2.15. The first-order valence-corrected chi connectivity index (χ1v) is 13.6. The molecule has 10 nitrogen and oxygen atoms in total. The number of ether oxygens (including phenoxy) is 2. The van der Waals surface area contributed by atoms with Crippen molar-refractivity contribution < 1.29 is 29.6 Å². The van der Waals surface area contributed by atoms with E-state index in [0.717, 1.165) is 27.0 Å². The number of hydrazine groups is 1. The van der Waals surface area contributed by atoms with Gasteiger partial charge in [-0.15, -0.1) is 0 Å². The monoisotopic (exact) mass is 570 g/mol. The van der Waals surface area contributed by atoms with Gasteiger partial charge in [0.25, 0.3) is 0 Å². The minimum absolute atomic E-state index is 0.0910. The van der Waals surface area contributed by atoms with E-state index >= 15 is 0 Å². The summed E-state index contributed by atoms with van der Waals surface area (Å²) in [6.45, 7) is -0.0935. The van der Waals surface area contributed by atoms with Crippen molar-refractivity contribution in [3.63, 3.8) is 0 Å². The molecule has 0 spiro atoms. The molecule has 1 saturated heterocycles. The third-order valence-electron chi connectivity index (χ3n) is 7.63. The first-order chi connectivity index (χ1) is 19.2. The van der Waals surface area contributed by atoms with Crippen LogP contribution >= 0.6 is 11.6 Å². The van der Waals surface area contributed by atoms with Crippen LogP contribution in [-0.4, -0.2) is 76.0 Å². The zero-order valence-electron chi connectivity index (χ0n) is 22.4. The molecule has 40 heavy (non-hydrogen) atoms. The topological polar surface area (TPSA) is 142 Å². The molecular formula is C29H35ClN4O6. The summed E-state index contributed by atoms with van der Waals surface area (Å²) in [5, 5.41) is 37.7. The fourth-order valence-corrected chi connectivity index (χ4v) is 5.59. The van der Waals surface area contributed by atoms with Crippen LogP contribution in [0.2, 0.25) is 5.02 Å². The molecule has 6 N–H and O–H groups in total. The number of aromatic nitrogens is 1. The van der Waals surface area contributed by atoms with E-state index in [1.165, 1.54) is 31.7 Å². The lowest BCUT2D eigenvalue weighted by molar-refractivity contribution is -0.245. The van der Waals surface area contributed by atoms with Crippen molar-refractivity contribution in [3.05, 3.63) is 82.3 Å². The average molecular weight is 571 g/mol. The molecule has 11 heteroatoms. The summed E-state index contributed by atoms with van der Waals surface area (Å²) < 4.78 is 12.6. The molecule has 2 fully saturated rings. The van der Waals surface area contributed by atoms with Gasteiger partial charge in [-0.2, -0.15) is 0 Å². The lowest BCUT2D eigenvalue weighted by Gasteiger charge is -2.42. The Hall–Kier alpha value is -3.12. The molecule has 5 atom stereocenters. The highest BCUT2D eigenvalue weighted by Gasteiger charge is 2.45. The molecule has 1 aliphatic carbocycles. The summed E-state index contributed by atoms with van der Waals surface area (Å²) in [5.41, 5.74) is 4.23. The Morgan fingerprint density at radius 2 is 1.90 bits per heavy atom. The molecule has 3 aromatic rings. The van der Waals surface area contributed by atoms with Crippen LogP contribution in [0.1, 0.15) is 41.7 Å². The van der Waals surface area contributed by atoms with Gasteiger partial charge >= 0.3 is 5.97 Å². The Labute approximate surface area is 237 Å². The summed E-state index contributed by atoms with van der Waals surface area (Å²) >= 11 is 6.66. The maximum atomic E-state index is 11.9. The molecule has 0 bridgehead atoms. The Morgan fingerprint density at radius 3 is 2.55 bits per heavy atom. The third kappa shape index (κ3) is 5.69. The lowest BCUT2D eigenvalue weighted by Crippen LogP contribution is -2.58. The quantitative estimate of drug-likeness (QED) is 0.113. The van der Waals surface area contributed by atoms with Crippen molar-refractivity contribution in [1.29, 1.82) is 0 Å². The van der Waals surface area contributed by atoms with Crippen molar-refractivity contribution in [2.45, 2.75) is 55.8 Å². The molecule has 0 unspecified atom stereocenters. The first-order valence-electron chi connectivity index (χ1n) is 13.3. The van der Waals surface area contributed by atoms with Gasteiger partial charge in [0.1, 0.15) is 30.1 Å². The number of nitrogens with zero attached hydrogens (tertiary/aromatic N) is 2. The van der Waals surface area contributed by atoms with Gasteiger partial charge in [0, 0.05) is 24.8 Å². The molecule has 5 rings (SSSR count). The molecule has 1 saturated carbocycles. The Morgan fingerprint density at radius 1 is 1.18 bits per heavy atom. The van der Waals surface area contributed by atoms with Crippen LogP contribution in [0, 0.1) is 0 Å². The van der Waals surface area contributed by atoms with Gasteiger partial charge in [-0.05, 0) is 54.0 Å². The van der Waals surface area contributed by atoms with Crippen molar-refractivity contribution in [3.8, 4) is 0 Å². The van der Waals surface area contributed by atoms with Crippen LogP contribution in [0.4, 0.5) is 0 Å². The number of likely N-dealkylation sites (N-methyl/N-ethyl adjacent to an activating group) is 1. The number of nitrogens with two attached hydrogens (primary N) is 1. The molecule has 1 aliphatic heterocycles. The van der Waals surface area contributed by atoms with Crippen molar-refractivity contribution in [1.82, 2.24) is 14.9 Å². The maximum absolute atomic E-state index is 11.9. The zero-order valence-corrected chi connectivity index (χ0v) is 23.2.